The second kappa shape index (κ2) is 6.90. The highest BCUT2D eigenvalue weighted by Gasteiger charge is 2.33. The van der Waals surface area contributed by atoms with Crippen LogP contribution in [0.4, 0.5) is 0 Å². The third-order valence-corrected chi connectivity index (χ3v) is 4.58. The standard InChI is InChI=1S/C20H20N2O4/c1-13-19-14(11-22(12-25-19)7-8-24-2)9-16-18(23)17(26-20(13)16)10-15-5-3-4-6-21-15/h3-6,9-10H,7-8,11-12H2,1-2H3/b17-10-. The zero-order chi connectivity index (χ0) is 18.1. The van der Waals surface area contributed by atoms with Crippen LogP contribution < -0.4 is 9.47 Å². The van der Waals surface area contributed by atoms with Crippen molar-refractivity contribution in [3.05, 3.63) is 58.6 Å². The molecule has 0 bridgehead atoms. The van der Waals surface area contributed by atoms with Gasteiger partial charge < -0.3 is 14.2 Å². The number of benzene rings is 1. The summed E-state index contributed by atoms with van der Waals surface area (Å²) < 4.78 is 16.9. The van der Waals surface area contributed by atoms with Crippen LogP contribution in [0.25, 0.3) is 6.08 Å². The molecule has 1 aromatic carbocycles. The van der Waals surface area contributed by atoms with Crippen molar-refractivity contribution < 1.29 is 19.0 Å². The van der Waals surface area contributed by atoms with Gasteiger partial charge in [0.05, 0.1) is 17.9 Å². The maximum absolute atomic E-state index is 12.8. The van der Waals surface area contributed by atoms with E-state index in [0.29, 0.717) is 36.1 Å². The molecule has 0 unspecified atom stereocenters. The lowest BCUT2D eigenvalue weighted by Crippen LogP contribution is -2.34. The van der Waals surface area contributed by atoms with Crippen LogP contribution in [-0.2, 0) is 11.3 Å². The molecule has 0 saturated carbocycles. The van der Waals surface area contributed by atoms with Gasteiger partial charge >= 0.3 is 0 Å². The van der Waals surface area contributed by atoms with Crippen molar-refractivity contribution in [2.45, 2.75) is 13.5 Å². The minimum atomic E-state index is -0.120. The van der Waals surface area contributed by atoms with Gasteiger partial charge in [-0.05, 0) is 25.1 Å². The Hall–Kier alpha value is -2.70. The Bertz CT molecular complexity index is 877. The lowest BCUT2D eigenvalue weighted by Gasteiger charge is -2.30. The number of methoxy groups -OCH3 is 1. The molecule has 0 saturated heterocycles. The van der Waals surface area contributed by atoms with Crippen LogP contribution in [0.1, 0.15) is 27.2 Å². The molecular formula is C20H20N2O4. The second-order valence-corrected chi connectivity index (χ2v) is 6.38. The van der Waals surface area contributed by atoms with Crippen molar-refractivity contribution in [3.63, 3.8) is 0 Å². The molecule has 0 aliphatic carbocycles. The second-order valence-electron chi connectivity index (χ2n) is 6.38. The predicted molar refractivity (Wildman–Crippen MR) is 96.1 cm³/mol. The van der Waals surface area contributed by atoms with E-state index in [9.17, 15) is 4.79 Å². The topological polar surface area (TPSA) is 60.9 Å². The van der Waals surface area contributed by atoms with Gasteiger partial charge in [0.1, 0.15) is 18.2 Å². The Balaban J connectivity index is 1.65. The minimum Gasteiger partial charge on any atom is -0.477 e. The molecular weight excluding hydrogens is 332 g/mol. The van der Waals surface area contributed by atoms with Gasteiger partial charge in [0, 0.05) is 43.6 Å². The van der Waals surface area contributed by atoms with Gasteiger partial charge in [-0.25, -0.2) is 0 Å². The van der Waals surface area contributed by atoms with E-state index in [4.69, 9.17) is 14.2 Å². The number of allylic oxidation sites excluding steroid dienone is 1. The van der Waals surface area contributed by atoms with Crippen LogP contribution in [0, 0.1) is 6.92 Å². The Labute approximate surface area is 152 Å². The highest BCUT2D eigenvalue weighted by molar-refractivity contribution is 6.15. The fraction of sp³-hybridized carbons (Fsp3) is 0.300. The molecule has 0 fully saturated rings. The van der Waals surface area contributed by atoms with Crippen LogP contribution in [0.2, 0.25) is 0 Å². The Morgan fingerprint density at radius 3 is 3.00 bits per heavy atom. The third kappa shape index (κ3) is 2.98. The lowest BCUT2D eigenvalue weighted by atomic mass is 10.00. The summed E-state index contributed by atoms with van der Waals surface area (Å²) in [5.74, 6) is 1.57. The summed E-state index contributed by atoms with van der Waals surface area (Å²) in [5.41, 5.74) is 3.13. The van der Waals surface area contributed by atoms with Crippen LogP contribution in [0.5, 0.6) is 11.5 Å². The quantitative estimate of drug-likeness (QED) is 0.789. The maximum atomic E-state index is 12.8. The van der Waals surface area contributed by atoms with Crippen molar-refractivity contribution in [1.82, 2.24) is 9.88 Å². The number of pyridine rings is 1. The van der Waals surface area contributed by atoms with E-state index < -0.39 is 0 Å². The van der Waals surface area contributed by atoms with E-state index in [1.165, 1.54) is 0 Å². The van der Waals surface area contributed by atoms with Gasteiger partial charge in [-0.15, -0.1) is 0 Å². The van der Waals surface area contributed by atoms with Gasteiger partial charge in [0.25, 0.3) is 0 Å². The van der Waals surface area contributed by atoms with E-state index in [-0.39, 0.29) is 5.78 Å². The summed E-state index contributed by atoms with van der Waals surface area (Å²) in [6.45, 7) is 4.57. The van der Waals surface area contributed by atoms with E-state index in [1.54, 1.807) is 19.4 Å². The van der Waals surface area contributed by atoms with Crippen molar-refractivity contribution in [3.8, 4) is 11.5 Å². The fourth-order valence-electron chi connectivity index (χ4n) is 3.26. The van der Waals surface area contributed by atoms with Crippen LogP contribution in [0.15, 0.2) is 36.2 Å². The monoisotopic (exact) mass is 352 g/mol. The molecule has 4 rings (SSSR count). The molecule has 0 spiro atoms. The SMILES string of the molecule is COCCN1COc2c(cc3c(c2C)O/C(=C\c2ccccn2)C3=O)C1. The first-order valence-corrected chi connectivity index (χ1v) is 8.53. The van der Waals surface area contributed by atoms with Gasteiger partial charge in [-0.2, -0.15) is 0 Å². The fourth-order valence-corrected chi connectivity index (χ4v) is 3.26. The number of carbonyl (C=O) groups excluding carboxylic acids is 1. The average Bonchev–Trinajstić information content (AvgIpc) is 2.97. The number of ether oxygens (including phenoxy) is 3. The molecule has 0 radical (unpaired) electrons. The average molecular weight is 352 g/mol. The number of ketones is 1. The Morgan fingerprint density at radius 1 is 1.35 bits per heavy atom. The smallest absolute Gasteiger partial charge is 0.232 e. The summed E-state index contributed by atoms with van der Waals surface area (Å²) in [5, 5.41) is 0. The number of Topliss-reactive ketones (excluding diaryl/α,β-unsaturated/α-hetero) is 1. The minimum absolute atomic E-state index is 0.120. The molecule has 6 heteroatoms. The molecule has 6 nitrogen and oxygen atoms in total. The maximum Gasteiger partial charge on any atom is 0.232 e. The largest absolute Gasteiger partial charge is 0.477 e. The molecule has 1 aromatic heterocycles. The predicted octanol–water partition coefficient (Wildman–Crippen LogP) is 2.80. The number of rotatable bonds is 4. The van der Waals surface area contributed by atoms with Crippen LogP contribution >= 0.6 is 0 Å². The number of nitrogens with zero attached hydrogens (tertiary/aromatic N) is 2. The van der Waals surface area contributed by atoms with Crippen molar-refractivity contribution in [2.24, 2.45) is 0 Å². The summed E-state index contributed by atoms with van der Waals surface area (Å²) in [6.07, 6.45) is 3.36. The molecule has 3 heterocycles. The molecule has 0 atom stereocenters. The number of fused-ring (bicyclic) bond motifs is 2. The van der Waals surface area contributed by atoms with Crippen molar-refractivity contribution >= 4 is 11.9 Å². The number of hydrogen-bond acceptors (Lipinski definition) is 6. The van der Waals surface area contributed by atoms with E-state index in [0.717, 1.165) is 30.0 Å². The highest BCUT2D eigenvalue weighted by Crippen LogP contribution is 2.43. The first kappa shape index (κ1) is 16.8. The van der Waals surface area contributed by atoms with E-state index >= 15 is 0 Å². The molecule has 2 aromatic rings. The molecule has 2 aliphatic heterocycles. The Kier molecular flexibility index (Phi) is 4.44. The summed E-state index contributed by atoms with van der Waals surface area (Å²) in [4.78, 5) is 19.2. The molecule has 0 N–H and O–H groups in total. The van der Waals surface area contributed by atoms with Crippen LogP contribution in [-0.4, -0.2) is 42.7 Å². The third-order valence-electron chi connectivity index (χ3n) is 4.58. The molecule has 26 heavy (non-hydrogen) atoms. The molecule has 0 amide bonds. The Morgan fingerprint density at radius 2 is 2.23 bits per heavy atom. The van der Waals surface area contributed by atoms with Crippen molar-refractivity contribution in [2.75, 3.05) is 27.0 Å². The molecule has 2 aliphatic rings. The highest BCUT2D eigenvalue weighted by atomic mass is 16.5. The summed E-state index contributed by atoms with van der Waals surface area (Å²) in [6, 6.07) is 7.43. The van der Waals surface area contributed by atoms with E-state index in [1.807, 2.05) is 31.2 Å². The van der Waals surface area contributed by atoms with Gasteiger partial charge in [0.2, 0.25) is 5.78 Å². The lowest BCUT2D eigenvalue weighted by molar-refractivity contribution is 0.0649. The van der Waals surface area contributed by atoms with Gasteiger partial charge in [-0.3, -0.25) is 14.7 Å². The first-order chi connectivity index (χ1) is 12.7. The summed E-state index contributed by atoms with van der Waals surface area (Å²) >= 11 is 0. The van der Waals surface area contributed by atoms with Gasteiger partial charge in [0.15, 0.2) is 5.76 Å². The van der Waals surface area contributed by atoms with E-state index in [2.05, 4.69) is 9.88 Å². The number of carbonyl (C=O) groups is 1. The number of hydrogen-bond donors (Lipinski definition) is 0. The number of aromatic nitrogens is 1. The summed E-state index contributed by atoms with van der Waals surface area (Å²) in [7, 11) is 1.68. The van der Waals surface area contributed by atoms with Gasteiger partial charge in [-0.1, -0.05) is 6.07 Å². The van der Waals surface area contributed by atoms with Crippen molar-refractivity contribution in [1.29, 1.82) is 0 Å². The molecule has 134 valence electrons. The normalized spacial score (nSPS) is 17.6. The zero-order valence-corrected chi connectivity index (χ0v) is 14.8. The first-order valence-electron chi connectivity index (χ1n) is 8.53. The zero-order valence-electron chi connectivity index (χ0n) is 14.8. The van der Waals surface area contributed by atoms with Crippen LogP contribution in [0.3, 0.4) is 0 Å².